The van der Waals surface area contributed by atoms with Gasteiger partial charge in [-0.1, -0.05) is 47.5 Å². The standard InChI is InChI=1S/C10H13ClFNO4S.2C2H6/c1-2-3-4-5-13-10(14)7-6-8(9(11)17-7)18(12,15)16;2*1-2/h6H,2-5H2,1H3,(H,13,14);2*1-2H3. The fraction of sp³-hybridized carbons (Fsp3) is 0.643. The molecule has 0 aromatic carbocycles. The molecule has 0 aliphatic heterocycles. The van der Waals surface area contributed by atoms with E-state index in [0.717, 1.165) is 25.3 Å². The quantitative estimate of drug-likeness (QED) is 0.597. The van der Waals surface area contributed by atoms with E-state index in [4.69, 9.17) is 16.0 Å². The van der Waals surface area contributed by atoms with Crippen molar-refractivity contribution < 1.29 is 21.5 Å². The number of halogens is 2. The third-order valence-electron chi connectivity index (χ3n) is 2.21. The number of amides is 1. The first-order chi connectivity index (χ1) is 10.4. The van der Waals surface area contributed by atoms with Crippen LogP contribution in [0.2, 0.25) is 5.22 Å². The molecule has 0 aliphatic carbocycles. The van der Waals surface area contributed by atoms with E-state index in [9.17, 15) is 17.1 Å². The van der Waals surface area contributed by atoms with Gasteiger partial charge in [0.25, 0.3) is 5.91 Å². The lowest BCUT2D eigenvalue weighted by atomic mass is 10.2. The van der Waals surface area contributed by atoms with Crippen LogP contribution in [0.15, 0.2) is 15.4 Å². The topological polar surface area (TPSA) is 76.4 Å². The highest BCUT2D eigenvalue weighted by molar-refractivity contribution is 7.86. The smallest absolute Gasteiger partial charge is 0.336 e. The molecule has 1 rings (SSSR count). The zero-order chi connectivity index (χ0) is 17.8. The van der Waals surface area contributed by atoms with Crippen molar-refractivity contribution >= 4 is 27.7 Å². The molecule has 0 radical (unpaired) electrons. The molecular weight excluding hydrogens is 333 g/mol. The highest BCUT2D eigenvalue weighted by Gasteiger charge is 2.24. The first-order valence-electron chi connectivity index (χ1n) is 7.38. The predicted molar refractivity (Wildman–Crippen MR) is 86.6 cm³/mol. The molecular formula is C14H25ClFNO4S. The third-order valence-corrected chi connectivity index (χ3v) is 3.43. The van der Waals surface area contributed by atoms with Gasteiger partial charge >= 0.3 is 10.2 Å². The summed E-state index contributed by atoms with van der Waals surface area (Å²) in [7, 11) is -4.98. The monoisotopic (exact) mass is 357 g/mol. The van der Waals surface area contributed by atoms with E-state index in [2.05, 4.69) is 5.32 Å². The molecule has 0 saturated heterocycles. The van der Waals surface area contributed by atoms with Gasteiger partial charge in [0.2, 0.25) is 5.22 Å². The fourth-order valence-electron chi connectivity index (χ4n) is 1.29. The van der Waals surface area contributed by atoms with Crippen LogP contribution < -0.4 is 5.32 Å². The maximum atomic E-state index is 12.7. The summed E-state index contributed by atoms with van der Waals surface area (Å²) in [5.41, 5.74) is 0. The van der Waals surface area contributed by atoms with Gasteiger partial charge in [0.15, 0.2) is 10.7 Å². The van der Waals surface area contributed by atoms with Gasteiger partial charge in [0, 0.05) is 12.6 Å². The van der Waals surface area contributed by atoms with Crippen LogP contribution in [-0.2, 0) is 10.2 Å². The summed E-state index contributed by atoms with van der Waals surface area (Å²) >= 11 is 5.39. The second-order valence-corrected chi connectivity index (χ2v) is 5.31. The van der Waals surface area contributed by atoms with Crippen molar-refractivity contribution in [1.29, 1.82) is 0 Å². The van der Waals surface area contributed by atoms with Gasteiger partial charge < -0.3 is 9.73 Å². The first-order valence-corrected chi connectivity index (χ1v) is 9.14. The van der Waals surface area contributed by atoms with Gasteiger partial charge in [-0.2, -0.15) is 8.42 Å². The molecule has 8 heteroatoms. The summed E-state index contributed by atoms with van der Waals surface area (Å²) in [6, 6.07) is 0.771. The van der Waals surface area contributed by atoms with Gasteiger partial charge in [-0.15, -0.1) is 3.89 Å². The number of rotatable bonds is 6. The third kappa shape index (κ3) is 8.38. The van der Waals surface area contributed by atoms with E-state index in [1.807, 2.05) is 34.6 Å². The molecule has 5 nitrogen and oxygen atoms in total. The average molecular weight is 358 g/mol. The molecule has 1 heterocycles. The predicted octanol–water partition coefficient (Wildman–Crippen LogP) is 4.56. The molecule has 0 unspecified atom stereocenters. The molecule has 0 fully saturated rings. The molecule has 1 amide bonds. The minimum atomic E-state index is -4.98. The Labute approximate surface area is 137 Å². The fourth-order valence-corrected chi connectivity index (χ4v) is 2.19. The van der Waals surface area contributed by atoms with Crippen LogP contribution in [0, 0.1) is 0 Å². The average Bonchev–Trinajstić information content (AvgIpc) is 2.90. The van der Waals surface area contributed by atoms with Crippen molar-refractivity contribution in [3.05, 3.63) is 17.0 Å². The van der Waals surface area contributed by atoms with E-state index in [1.165, 1.54) is 0 Å². The molecule has 1 N–H and O–H groups in total. The summed E-state index contributed by atoms with van der Waals surface area (Å²) in [6.45, 7) is 10.5. The highest BCUT2D eigenvalue weighted by Crippen LogP contribution is 2.26. The molecule has 1 aromatic heterocycles. The molecule has 0 atom stereocenters. The Morgan fingerprint density at radius 1 is 1.27 bits per heavy atom. The van der Waals surface area contributed by atoms with Crippen LogP contribution in [-0.4, -0.2) is 20.9 Å². The largest absolute Gasteiger partial charge is 0.438 e. The molecule has 22 heavy (non-hydrogen) atoms. The van der Waals surface area contributed by atoms with Crippen LogP contribution in [0.25, 0.3) is 0 Å². The Kier molecular flexibility index (Phi) is 13.1. The van der Waals surface area contributed by atoms with Crippen molar-refractivity contribution in [3.63, 3.8) is 0 Å². The molecule has 0 bridgehead atoms. The van der Waals surface area contributed by atoms with Gasteiger partial charge in [0.05, 0.1) is 0 Å². The number of carbonyl (C=O) groups is 1. The number of carbonyl (C=O) groups excluding carboxylic acids is 1. The number of nitrogens with one attached hydrogen (secondary N) is 1. The normalized spacial score (nSPS) is 9.95. The Morgan fingerprint density at radius 2 is 1.82 bits per heavy atom. The van der Waals surface area contributed by atoms with E-state index >= 15 is 0 Å². The zero-order valence-corrected chi connectivity index (χ0v) is 15.3. The number of unbranched alkanes of at least 4 members (excludes halogenated alkanes) is 2. The van der Waals surface area contributed by atoms with Crippen LogP contribution in [0.1, 0.15) is 64.4 Å². The van der Waals surface area contributed by atoms with Crippen molar-refractivity contribution in [2.24, 2.45) is 0 Å². The minimum absolute atomic E-state index is 0.326. The second-order valence-electron chi connectivity index (χ2n) is 3.65. The van der Waals surface area contributed by atoms with E-state index in [1.54, 1.807) is 0 Å². The van der Waals surface area contributed by atoms with Crippen molar-refractivity contribution in [2.75, 3.05) is 6.54 Å². The lowest BCUT2D eigenvalue weighted by Gasteiger charge is -2.01. The number of hydrogen-bond acceptors (Lipinski definition) is 4. The van der Waals surface area contributed by atoms with Crippen LogP contribution in [0.5, 0.6) is 0 Å². The summed E-state index contributed by atoms with van der Waals surface area (Å²) in [5.74, 6) is -0.948. The van der Waals surface area contributed by atoms with Crippen LogP contribution in [0.3, 0.4) is 0 Å². The Balaban J connectivity index is 0. The second kappa shape index (κ2) is 12.5. The maximum absolute atomic E-state index is 12.7. The minimum Gasteiger partial charge on any atom is -0.438 e. The van der Waals surface area contributed by atoms with Gasteiger partial charge in [-0.3, -0.25) is 4.79 Å². The molecule has 0 aliphatic rings. The SMILES string of the molecule is CC.CC.CCCCCNC(=O)c1cc(S(=O)(=O)F)c(Cl)o1. The number of furan rings is 1. The van der Waals surface area contributed by atoms with Crippen molar-refractivity contribution in [3.8, 4) is 0 Å². The summed E-state index contributed by atoms with van der Waals surface area (Å²) < 4.78 is 38.7. The molecule has 0 saturated carbocycles. The lowest BCUT2D eigenvalue weighted by Crippen LogP contribution is -2.23. The van der Waals surface area contributed by atoms with Crippen LogP contribution in [0.4, 0.5) is 3.89 Å². The zero-order valence-electron chi connectivity index (χ0n) is 13.7. The van der Waals surface area contributed by atoms with Crippen molar-refractivity contribution in [1.82, 2.24) is 5.32 Å². The van der Waals surface area contributed by atoms with E-state index in [-0.39, 0.29) is 5.76 Å². The lowest BCUT2D eigenvalue weighted by molar-refractivity contribution is 0.0925. The molecule has 130 valence electrons. The Hall–Kier alpha value is -1.08. The van der Waals surface area contributed by atoms with Crippen LogP contribution >= 0.6 is 11.6 Å². The number of hydrogen-bond donors (Lipinski definition) is 1. The highest BCUT2D eigenvalue weighted by atomic mass is 35.5. The Bertz CT molecular complexity index is 529. The first kappa shape index (κ1) is 23.2. The molecule has 0 spiro atoms. The van der Waals surface area contributed by atoms with Crippen molar-refractivity contribution in [2.45, 2.75) is 58.8 Å². The summed E-state index contributed by atoms with van der Waals surface area (Å²) in [5, 5.41) is 1.86. The Morgan fingerprint density at radius 3 is 2.23 bits per heavy atom. The van der Waals surface area contributed by atoms with E-state index < -0.39 is 26.2 Å². The van der Waals surface area contributed by atoms with Gasteiger partial charge in [-0.05, 0) is 18.0 Å². The van der Waals surface area contributed by atoms with Gasteiger partial charge in [0.1, 0.15) is 0 Å². The van der Waals surface area contributed by atoms with Gasteiger partial charge in [-0.25, -0.2) is 0 Å². The van der Waals surface area contributed by atoms with E-state index in [0.29, 0.717) is 6.54 Å². The summed E-state index contributed by atoms with van der Waals surface area (Å²) in [4.78, 5) is 10.7. The summed E-state index contributed by atoms with van der Waals surface area (Å²) in [6.07, 6.45) is 2.76. The molecule has 1 aromatic rings. The maximum Gasteiger partial charge on any atom is 0.336 e.